The third-order valence-corrected chi connectivity index (χ3v) is 4.59. The van der Waals surface area contributed by atoms with Crippen LogP contribution >= 0.6 is 23.2 Å². The van der Waals surface area contributed by atoms with Gasteiger partial charge in [0.25, 0.3) is 0 Å². The summed E-state index contributed by atoms with van der Waals surface area (Å²) in [7, 11) is -0.267. The van der Waals surface area contributed by atoms with Gasteiger partial charge in [0.15, 0.2) is 0 Å². The van der Waals surface area contributed by atoms with Gasteiger partial charge in [0.2, 0.25) is 0 Å². The highest BCUT2D eigenvalue weighted by atomic mass is 35.5. The maximum Gasteiger partial charge on any atom is 0.416 e. The Labute approximate surface area is 152 Å². The predicted molar refractivity (Wildman–Crippen MR) is 89.9 cm³/mol. The van der Waals surface area contributed by atoms with E-state index >= 15 is 0 Å². The van der Waals surface area contributed by atoms with Crippen molar-refractivity contribution in [3.8, 4) is 5.69 Å². The summed E-state index contributed by atoms with van der Waals surface area (Å²) in [5.74, 6) is -0.0954. The number of hydrogen-bond donors (Lipinski definition) is 1. The second-order valence-electron chi connectivity index (χ2n) is 4.67. The lowest BCUT2D eigenvalue weighted by molar-refractivity contribution is -0.137. The smallest absolute Gasteiger partial charge is 0.399 e. The zero-order valence-electron chi connectivity index (χ0n) is 12.8. The predicted octanol–water partition coefficient (Wildman–Crippen LogP) is 3.50. The number of nitrogens with zero attached hydrogens (tertiary/aromatic N) is 3. The molecular formula is C13H11Cl2F3N4O2S. The van der Waals surface area contributed by atoms with Crippen molar-refractivity contribution in [2.24, 2.45) is 5.16 Å². The molecule has 1 unspecified atom stereocenters. The molecule has 0 spiro atoms. The third kappa shape index (κ3) is 3.91. The van der Waals surface area contributed by atoms with Gasteiger partial charge < -0.3 is 10.6 Å². The summed E-state index contributed by atoms with van der Waals surface area (Å²) < 4.78 is 51.4. The standard InChI is InChI=1S/C13H11Cl2F3N4O2S/c1-24-20-5-9-11(25(2)23)12(19)22(21-9)10-7(14)3-6(4-8(10)15)13(16,17)18/h3-5H,19H2,1-2H3/b20-5+. The molecule has 0 aliphatic rings. The molecule has 2 N–H and O–H groups in total. The fourth-order valence-electron chi connectivity index (χ4n) is 2.02. The molecular weight excluding hydrogens is 404 g/mol. The zero-order chi connectivity index (χ0) is 18.9. The molecule has 136 valence electrons. The van der Waals surface area contributed by atoms with E-state index in [4.69, 9.17) is 28.9 Å². The van der Waals surface area contributed by atoms with Gasteiger partial charge >= 0.3 is 6.18 Å². The van der Waals surface area contributed by atoms with Crippen LogP contribution in [0.1, 0.15) is 11.3 Å². The summed E-state index contributed by atoms with van der Waals surface area (Å²) >= 11 is 11.9. The molecule has 1 atom stereocenters. The molecule has 0 amide bonds. The molecule has 12 heteroatoms. The maximum atomic E-state index is 12.8. The quantitative estimate of drug-likeness (QED) is 0.612. The van der Waals surface area contributed by atoms with E-state index in [1.807, 2.05) is 0 Å². The Morgan fingerprint density at radius 1 is 1.36 bits per heavy atom. The first-order valence-electron chi connectivity index (χ1n) is 6.43. The van der Waals surface area contributed by atoms with Crippen molar-refractivity contribution in [1.82, 2.24) is 9.78 Å². The Kier molecular flexibility index (Phi) is 5.65. The van der Waals surface area contributed by atoms with E-state index in [-0.39, 0.29) is 32.1 Å². The minimum absolute atomic E-state index is 0.0717. The van der Waals surface area contributed by atoms with Crippen molar-refractivity contribution in [2.75, 3.05) is 19.1 Å². The molecule has 0 saturated carbocycles. The monoisotopic (exact) mass is 414 g/mol. The number of oxime groups is 1. The Bertz CT molecular complexity index is 845. The largest absolute Gasteiger partial charge is 0.416 e. The van der Waals surface area contributed by atoms with Crippen LogP contribution < -0.4 is 5.73 Å². The van der Waals surface area contributed by atoms with Crippen LogP contribution in [0.4, 0.5) is 19.0 Å². The normalized spacial score (nSPS) is 13.4. The van der Waals surface area contributed by atoms with Crippen molar-refractivity contribution >= 4 is 46.0 Å². The van der Waals surface area contributed by atoms with Crippen LogP contribution in [0.3, 0.4) is 0 Å². The van der Waals surface area contributed by atoms with Gasteiger partial charge in [-0.3, -0.25) is 4.21 Å². The van der Waals surface area contributed by atoms with Crippen molar-refractivity contribution in [2.45, 2.75) is 11.1 Å². The highest BCUT2D eigenvalue weighted by Gasteiger charge is 2.33. The SMILES string of the molecule is CO/N=C/c1nn(-c2c(Cl)cc(C(F)(F)F)cc2Cl)c(N)c1S(C)=O. The van der Waals surface area contributed by atoms with E-state index in [0.29, 0.717) is 12.1 Å². The van der Waals surface area contributed by atoms with Crippen LogP contribution in [0.15, 0.2) is 22.2 Å². The number of rotatable bonds is 4. The molecule has 1 heterocycles. The number of anilines is 1. The average Bonchev–Trinajstić information content (AvgIpc) is 2.80. The van der Waals surface area contributed by atoms with E-state index in [1.165, 1.54) is 13.4 Å². The fraction of sp³-hybridized carbons (Fsp3) is 0.231. The van der Waals surface area contributed by atoms with Crippen molar-refractivity contribution < 1.29 is 22.2 Å². The molecule has 0 bridgehead atoms. The molecule has 0 saturated heterocycles. The third-order valence-electron chi connectivity index (χ3n) is 3.03. The van der Waals surface area contributed by atoms with E-state index < -0.39 is 22.5 Å². The first-order chi connectivity index (χ1) is 11.6. The maximum absolute atomic E-state index is 12.8. The number of benzene rings is 1. The first-order valence-corrected chi connectivity index (χ1v) is 8.74. The highest BCUT2D eigenvalue weighted by molar-refractivity contribution is 7.84. The van der Waals surface area contributed by atoms with E-state index in [1.54, 1.807) is 0 Å². The second-order valence-corrected chi connectivity index (χ2v) is 6.80. The van der Waals surface area contributed by atoms with Gasteiger partial charge in [-0.15, -0.1) is 0 Å². The van der Waals surface area contributed by atoms with Crippen LogP contribution in [-0.4, -0.2) is 33.6 Å². The van der Waals surface area contributed by atoms with Crippen LogP contribution in [0.25, 0.3) is 5.69 Å². The lowest BCUT2D eigenvalue weighted by atomic mass is 10.2. The van der Waals surface area contributed by atoms with Gasteiger partial charge in [-0.25, -0.2) is 4.68 Å². The summed E-state index contributed by atoms with van der Waals surface area (Å²) in [5.41, 5.74) is 4.95. The molecule has 6 nitrogen and oxygen atoms in total. The second kappa shape index (κ2) is 7.22. The van der Waals surface area contributed by atoms with Crippen LogP contribution in [0.5, 0.6) is 0 Å². The number of aromatic nitrogens is 2. The lowest BCUT2D eigenvalue weighted by Gasteiger charge is -2.13. The van der Waals surface area contributed by atoms with E-state index in [9.17, 15) is 17.4 Å². The Balaban J connectivity index is 2.71. The Morgan fingerprint density at radius 3 is 2.36 bits per heavy atom. The van der Waals surface area contributed by atoms with Gasteiger partial charge in [-0.2, -0.15) is 18.3 Å². The Morgan fingerprint density at radius 2 is 1.92 bits per heavy atom. The van der Waals surface area contributed by atoms with Crippen LogP contribution in [0, 0.1) is 0 Å². The molecule has 1 aromatic carbocycles. The van der Waals surface area contributed by atoms with E-state index in [2.05, 4.69) is 15.1 Å². The zero-order valence-corrected chi connectivity index (χ0v) is 15.1. The Hall–Kier alpha value is -1.78. The number of nitrogens with two attached hydrogens (primary N) is 1. The minimum atomic E-state index is -4.62. The lowest BCUT2D eigenvalue weighted by Crippen LogP contribution is -2.09. The molecule has 25 heavy (non-hydrogen) atoms. The summed E-state index contributed by atoms with van der Waals surface area (Å²) in [6.07, 6.45) is -2.10. The van der Waals surface area contributed by atoms with Gasteiger partial charge in [-0.1, -0.05) is 28.4 Å². The molecule has 2 rings (SSSR count). The van der Waals surface area contributed by atoms with Crippen LogP contribution in [-0.2, 0) is 21.8 Å². The summed E-state index contributed by atoms with van der Waals surface area (Å²) in [5, 5.41) is 6.95. The number of nitrogen functional groups attached to an aromatic ring is 1. The van der Waals surface area contributed by atoms with Gasteiger partial charge in [0.05, 0.1) is 32.6 Å². The van der Waals surface area contributed by atoms with Crippen LogP contribution in [0.2, 0.25) is 10.0 Å². The summed E-state index contributed by atoms with van der Waals surface area (Å²) in [6, 6.07) is 1.41. The van der Waals surface area contributed by atoms with Crippen molar-refractivity contribution in [3.05, 3.63) is 33.4 Å². The first kappa shape index (κ1) is 19.5. The molecule has 0 radical (unpaired) electrons. The fourth-order valence-corrected chi connectivity index (χ4v) is 3.43. The molecule has 0 aliphatic carbocycles. The van der Waals surface area contributed by atoms with Gasteiger partial charge in [0.1, 0.15) is 29.2 Å². The number of alkyl halides is 3. The number of halogens is 5. The topological polar surface area (TPSA) is 82.5 Å². The van der Waals surface area contributed by atoms with Gasteiger partial charge in [0, 0.05) is 6.26 Å². The summed E-state index contributed by atoms with van der Waals surface area (Å²) in [4.78, 5) is 4.66. The molecule has 0 fully saturated rings. The van der Waals surface area contributed by atoms with Crippen molar-refractivity contribution in [1.29, 1.82) is 0 Å². The number of hydrogen-bond acceptors (Lipinski definition) is 5. The van der Waals surface area contributed by atoms with Crippen molar-refractivity contribution in [3.63, 3.8) is 0 Å². The highest BCUT2D eigenvalue weighted by Crippen LogP contribution is 2.38. The molecule has 0 aliphatic heterocycles. The minimum Gasteiger partial charge on any atom is -0.399 e. The molecule has 2 aromatic rings. The van der Waals surface area contributed by atoms with Gasteiger partial charge in [-0.05, 0) is 12.1 Å². The van der Waals surface area contributed by atoms with E-state index in [0.717, 1.165) is 10.9 Å². The summed E-state index contributed by atoms with van der Waals surface area (Å²) in [6.45, 7) is 0. The molecule has 1 aromatic heterocycles. The average molecular weight is 415 g/mol.